The number of para-hydroxylation sites is 1. The first kappa shape index (κ1) is 30.5. The van der Waals surface area contributed by atoms with Gasteiger partial charge in [-0.25, -0.2) is 15.0 Å². The molecule has 0 N–H and O–H groups in total. The van der Waals surface area contributed by atoms with E-state index < -0.39 is 0 Å². The minimum absolute atomic E-state index is 0.703. The van der Waals surface area contributed by atoms with Gasteiger partial charge in [0.05, 0.1) is 21.6 Å². The van der Waals surface area contributed by atoms with Gasteiger partial charge in [0.25, 0.3) is 0 Å². The summed E-state index contributed by atoms with van der Waals surface area (Å²) in [5, 5.41) is 3.39. The van der Waals surface area contributed by atoms with E-state index in [4.69, 9.17) is 15.0 Å². The van der Waals surface area contributed by atoms with Crippen LogP contribution in [-0.2, 0) is 0 Å². The maximum atomic E-state index is 5.35. The normalized spacial score (nSPS) is 11.5. The Labute approximate surface area is 309 Å². The predicted molar refractivity (Wildman–Crippen MR) is 221 cm³/mol. The Hall–Kier alpha value is -6.27. The Morgan fingerprint density at radius 2 is 0.846 bits per heavy atom. The third-order valence-corrected chi connectivity index (χ3v) is 11.8. The van der Waals surface area contributed by atoms with Crippen molar-refractivity contribution < 1.29 is 0 Å². The number of hydrogen-bond acceptors (Lipinski definition) is 5. The van der Waals surface area contributed by atoms with Crippen LogP contribution in [0.3, 0.4) is 0 Å². The highest BCUT2D eigenvalue weighted by molar-refractivity contribution is 7.26. The van der Waals surface area contributed by atoms with E-state index in [0.717, 1.165) is 55.1 Å². The van der Waals surface area contributed by atoms with E-state index in [0.29, 0.717) is 5.82 Å². The number of fused-ring (bicyclic) bond motifs is 4. The maximum Gasteiger partial charge on any atom is 0.161 e. The smallest absolute Gasteiger partial charge is 0.161 e. The van der Waals surface area contributed by atoms with Crippen LogP contribution in [0.25, 0.3) is 97.1 Å². The molecule has 0 radical (unpaired) electrons. The van der Waals surface area contributed by atoms with Crippen molar-refractivity contribution in [2.45, 2.75) is 0 Å². The predicted octanol–water partition coefficient (Wildman–Crippen LogP) is 13.5. The Morgan fingerprint density at radius 1 is 0.327 bits per heavy atom. The van der Waals surface area contributed by atoms with Crippen LogP contribution in [0.5, 0.6) is 0 Å². The van der Waals surface area contributed by atoms with Crippen LogP contribution in [0.2, 0.25) is 0 Å². The molecule has 0 saturated heterocycles. The lowest BCUT2D eigenvalue weighted by atomic mass is 9.99. The minimum Gasteiger partial charge on any atom is -0.236 e. The van der Waals surface area contributed by atoms with Crippen molar-refractivity contribution in [3.05, 3.63) is 176 Å². The van der Waals surface area contributed by atoms with Gasteiger partial charge >= 0.3 is 0 Å². The van der Waals surface area contributed by atoms with E-state index in [1.165, 1.54) is 36.2 Å². The number of hydrogen-bond donors (Lipinski definition) is 0. The molecule has 0 bridgehead atoms. The average Bonchev–Trinajstić information content (AvgIpc) is 3.84. The van der Waals surface area contributed by atoms with Crippen molar-refractivity contribution in [3.63, 3.8) is 0 Å². The molecule has 0 saturated carbocycles. The summed E-state index contributed by atoms with van der Waals surface area (Å²) in [6.45, 7) is 0. The highest BCUT2D eigenvalue weighted by Gasteiger charge is 2.20. The molecule has 52 heavy (non-hydrogen) atoms. The molecular weight excluding hydrogens is 671 g/mol. The zero-order valence-electron chi connectivity index (χ0n) is 27.9. The molecule has 10 aromatic rings. The van der Waals surface area contributed by atoms with Gasteiger partial charge in [-0.2, -0.15) is 0 Å². The molecule has 0 aliphatic heterocycles. The Balaban J connectivity index is 1.19. The molecule has 5 heteroatoms. The Morgan fingerprint density at radius 3 is 1.58 bits per heavy atom. The maximum absolute atomic E-state index is 5.35. The number of rotatable bonds is 6. The SMILES string of the molecule is c1ccc(-c2ccc(-c3cc(-c4cccc(-c5ccccc5)c4)nc(-c4cccc5sc6cccc(-c7nc8ccccc8s7)c6c45)n3)cc2)cc1. The van der Waals surface area contributed by atoms with Crippen molar-refractivity contribution in [2.24, 2.45) is 0 Å². The quantitative estimate of drug-likeness (QED) is 0.173. The Kier molecular flexibility index (Phi) is 7.52. The van der Waals surface area contributed by atoms with E-state index in [1.807, 2.05) is 17.4 Å². The van der Waals surface area contributed by atoms with Crippen LogP contribution in [0.15, 0.2) is 176 Å². The molecule has 244 valence electrons. The molecule has 7 aromatic carbocycles. The number of aromatic nitrogens is 3. The molecule has 3 nitrogen and oxygen atoms in total. The Bertz CT molecular complexity index is 2860. The summed E-state index contributed by atoms with van der Waals surface area (Å²) in [4.78, 5) is 15.8. The molecule has 3 heterocycles. The van der Waals surface area contributed by atoms with Crippen molar-refractivity contribution in [1.82, 2.24) is 15.0 Å². The molecule has 10 rings (SSSR count). The molecule has 0 atom stereocenters. The molecule has 0 aliphatic carbocycles. The lowest BCUT2D eigenvalue weighted by Crippen LogP contribution is -1.97. The fourth-order valence-corrected chi connectivity index (χ4v) is 9.19. The van der Waals surface area contributed by atoms with Crippen molar-refractivity contribution >= 4 is 53.1 Å². The van der Waals surface area contributed by atoms with Gasteiger partial charge in [-0.3, -0.25) is 0 Å². The van der Waals surface area contributed by atoms with Crippen LogP contribution in [0.4, 0.5) is 0 Å². The van der Waals surface area contributed by atoms with E-state index in [9.17, 15) is 0 Å². The zero-order valence-corrected chi connectivity index (χ0v) is 29.5. The van der Waals surface area contributed by atoms with Crippen LogP contribution in [0, 0.1) is 0 Å². The lowest BCUT2D eigenvalue weighted by Gasteiger charge is -2.12. The van der Waals surface area contributed by atoms with Crippen LogP contribution < -0.4 is 0 Å². The molecule has 0 aliphatic rings. The summed E-state index contributed by atoms with van der Waals surface area (Å²) in [6.07, 6.45) is 0. The second-order valence-electron chi connectivity index (χ2n) is 12.8. The van der Waals surface area contributed by atoms with Crippen LogP contribution >= 0.6 is 22.7 Å². The number of nitrogens with zero attached hydrogens (tertiary/aromatic N) is 3. The van der Waals surface area contributed by atoms with E-state index in [2.05, 4.69) is 170 Å². The first-order chi connectivity index (χ1) is 25.7. The third kappa shape index (κ3) is 5.48. The van der Waals surface area contributed by atoms with E-state index in [1.54, 1.807) is 11.3 Å². The third-order valence-electron chi connectivity index (χ3n) is 9.57. The summed E-state index contributed by atoms with van der Waals surface area (Å²) >= 11 is 3.55. The first-order valence-corrected chi connectivity index (χ1v) is 18.9. The second kappa shape index (κ2) is 12.8. The molecule has 0 spiro atoms. The molecule has 0 fully saturated rings. The summed E-state index contributed by atoms with van der Waals surface area (Å²) in [5.74, 6) is 0.703. The molecular formula is C47H29N3S2. The van der Waals surface area contributed by atoms with Crippen molar-refractivity contribution in [3.8, 4) is 66.7 Å². The van der Waals surface area contributed by atoms with Gasteiger partial charge in [0.2, 0.25) is 0 Å². The van der Waals surface area contributed by atoms with Gasteiger partial charge in [-0.1, -0.05) is 140 Å². The molecule has 3 aromatic heterocycles. The minimum atomic E-state index is 0.703. The zero-order chi connectivity index (χ0) is 34.4. The second-order valence-corrected chi connectivity index (χ2v) is 14.9. The van der Waals surface area contributed by atoms with Gasteiger partial charge in [0.1, 0.15) is 5.01 Å². The van der Waals surface area contributed by atoms with E-state index in [-0.39, 0.29) is 0 Å². The fraction of sp³-hybridized carbons (Fsp3) is 0. The summed E-state index contributed by atoms with van der Waals surface area (Å²) in [5.41, 5.74) is 11.7. The van der Waals surface area contributed by atoms with Gasteiger partial charge < -0.3 is 0 Å². The fourth-order valence-electron chi connectivity index (χ4n) is 7.03. The number of thiophene rings is 1. The largest absolute Gasteiger partial charge is 0.236 e. The summed E-state index contributed by atoms with van der Waals surface area (Å²) < 4.78 is 3.61. The monoisotopic (exact) mass is 699 g/mol. The van der Waals surface area contributed by atoms with Crippen molar-refractivity contribution in [1.29, 1.82) is 0 Å². The molecule has 0 unspecified atom stereocenters. The average molecular weight is 700 g/mol. The highest BCUT2D eigenvalue weighted by Crippen LogP contribution is 2.45. The van der Waals surface area contributed by atoms with Gasteiger partial charge in [-0.15, -0.1) is 22.7 Å². The number of benzene rings is 7. The standard InChI is InChI=1S/C47H29N3S2/c1-3-12-30(13-4-1)32-24-26-33(27-25-32)39-29-40(35-17-9-16-34(28-35)31-14-5-2-6-15-31)49-46(48-39)36-18-10-22-42-44(36)45-37(19-11-23-43(45)51-42)47-50-38-20-7-8-21-41(38)52-47/h1-29H. The number of thiazole rings is 1. The summed E-state index contributed by atoms with van der Waals surface area (Å²) in [6, 6.07) is 61.9. The van der Waals surface area contributed by atoms with Crippen LogP contribution in [0.1, 0.15) is 0 Å². The van der Waals surface area contributed by atoms with Gasteiger partial charge in [0.15, 0.2) is 5.82 Å². The first-order valence-electron chi connectivity index (χ1n) is 17.3. The topological polar surface area (TPSA) is 38.7 Å². The van der Waals surface area contributed by atoms with E-state index >= 15 is 0 Å². The van der Waals surface area contributed by atoms with Crippen molar-refractivity contribution in [2.75, 3.05) is 0 Å². The molecule has 0 amide bonds. The van der Waals surface area contributed by atoms with Gasteiger partial charge in [0, 0.05) is 42.4 Å². The highest BCUT2D eigenvalue weighted by atomic mass is 32.1. The van der Waals surface area contributed by atoms with Crippen LogP contribution in [-0.4, -0.2) is 15.0 Å². The summed E-state index contributed by atoms with van der Waals surface area (Å²) in [7, 11) is 0. The lowest BCUT2D eigenvalue weighted by molar-refractivity contribution is 1.19. The van der Waals surface area contributed by atoms with Gasteiger partial charge in [-0.05, 0) is 58.7 Å².